The van der Waals surface area contributed by atoms with Crippen LogP contribution in [0.2, 0.25) is 0 Å². The van der Waals surface area contributed by atoms with Gasteiger partial charge in [0.2, 0.25) is 0 Å². The van der Waals surface area contributed by atoms with Crippen molar-refractivity contribution in [3.63, 3.8) is 0 Å². The quantitative estimate of drug-likeness (QED) is 0.515. The standard InChI is InChI=1S/C5H7N3O4S.Li.H/c1-13(11,12)3-8-6-2-4(7-8)5(9)10;;/h2H,3H2,1H3,(H,9,10);;/q;+1;-1. The summed E-state index contributed by atoms with van der Waals surface area (Å²) in [5.41, 5.74) is -0.274. The molecule has 0 aliphatic carbocycles. The van der Waals surface area contributed by atoms with E-state index in [1.807, 2.05) is 0 Å². The smallest absolute Gasteiger partial charge is 1.00 e. The number of carboxylic acid groups (broad SMARTS) is 1. The Bertz CT molecular complexity index is 431. The van der Waals surface area contributed by atoms with Crippen LogP contribution in [0.1, 0.15) is 11.9 Å². The van der Waals surface area contributed by atoms with Gasteiger partial charge in [0.1, 0.15) is 0 Å². The maximum absolute atomic E-state index is 10.7. The van der Waals surface area contributed by atoms with Crippen molar-refractivity contribution in [1.82, 2.24) is 15.0 Å². The fourth-order valence-corrected chi connectivity index (χ4v) is 1.21. The van der Waals surface area contributed by atoms with Gasteiger partial charge in [0.05, 0.1) is 6.20 Å². The number of hydrogen-bond acceptors (Lipinski definition) is 5. The first-order valence-electron chi connectivity index (χ1n) is 3.19. The van der Waals surface area contributed by atoms with Gasteiger partial charge in [-0.3, -0.25) is 0 Å². The van der Waals surface area contributed by atoms with Crippen LogP contribution in [0.15, 0.2) is 6.20 Å². The van der Waals surface area contributed by atoms with E-state index in [0.29, 0.717) is 0 Å². The average Bonchev–Trinajstić information content (AvgIpc) is 2.31. The topological polar surface area (TPSA) is 102 Å². The molecule has 0 saturated carbocycles. The van der Waals surface area contributed by atoms with Crippen LogP contribution < -0.4 is 18.9 Å². The number of hydrogen-bond donors (Lipinski definition) is 1. The molecule has 1 aromatic heterocycles. The minimum Gasteiger partial charge on any atom is -1.00 e. The first kappa shape index (κ1) is 13.2. The van der Waals surface area contributed by atoms with Gasteiger partial charge in [-0.25, -0.2) is 13.2 Å². The molecule has 1 aromatic rings. The molecule has 14 heavy (non-hydrogen) atoms. The number of aromatic carboxylic acids is 1. The van der Waals surface area contributed by atoms with Crippen molar-refractivity contribution in [2.24, 2.45) is 0 Å². The van der Waals surface area contributed by atoms with Gasteiger partial charge >= 0.3 is 24.8 Å². The number of nitrogens with zero attached hydrogens (tertiary/aromatic N) is 3. The van der Waals surface area contributed by atoms with Gasteiger partial charge in [-0.1, -0.05) is 0 Å². The van der Waals surface area contributed by atoms with E-state index >= 15 is 0 Å². The Morgan fingerprint density at radius 1 is 1.71 bits per heavy atom. The summed E-state index contributed by atoms with van der Waals surface area (Å²) in [6.07, 6.45) is 2.00. The summed E-state index contributed by atoms with van der Waals surface area (Å²) in [6, 6.07) is 0. The van der Waals surface area contributed by atoms with Crippen molar-refractivity contribution in [3.05, 3.63) is 11.9 Å². The van der Waals surface area contributed by atoms with E-state index in [9.17, 15) is 13.2 Å². The molecule has 1 rings (SSSR count). The zero-order valence-electron chi connectivity index (χ0n) is 8.71. The third-order valence-corrected chi connectivity index (χ3v) is 1.81. The summed E-state index contributed by atoms with van der Waals surface area (Å²) >= 11 is 0. The van der Waals surface area contributed by atoms with Crippen LogP contribution >= 0.6 is 0 Å². The predicted octanol–water partition coefficient (Wildman–Crippen LogP) is -3.91. The molecule has 7 nitrogen and oxygen atoms in total. The SMILES string of the molecule is CS(=O)(=O)Cn1ncc(C(=O)O)n1.[H-].[Li+]. The second-order valence-corrected chi connectivity index (χ2v) is 4.57. The fourth-order valence-electron chi connectivity index (χ4n) is 0.667. The van der Waals surface area contributed by atoms with Crippen molar-refractivity contribution >= 4 is 15.8 Å². The van der Waals surface area contributed by atoms with Crippen LogP contribution in [0.5, 0.6) is 0 Å². The van der Waals surface area contributed by atoms with Gasteiger partial charge in [0.25, 0.3) is 0 Å². The second-order valence-electron chi connectivity index (χ2n) is 2.46. The second kappa shape index (κ2) is 4.59. The van der Waals surface area contributed by atoms with Gasteiger partial charge in [0.15, 0.2) is 21.4 Å². The molecule has 1 N–H and O–H groups in total. The molecule has 0 amide bonds. The Balaban J connectivity index is 0. The van der Waals surface area contributed by atoms with E-state index in [1.54, 1.807) is 0 Å². The molecule has 0 bridgehead atoms. The number of rotatable bonds is 3. The Hall–Kier alpha value is -0.843. The molecular weight excluding hydrogens is 205 g/mol. The van der Waals surface area contributed by atoms with Crippen LogP contribution in [0.25, 0.3) is 0 Å². The summed E-state index contributed by atoms with van der Waals surface area (Å²) < 4.78 is 21.5. The Kier molecular flexibility index (Phi) is 4.31. The van der Waals surface area contributed by atoms with Gasteiger partial charge in [-0.2, -0.15) is 9.90 Å². The van der Waals surface area contributed by atoms with Crippen LogP contribution in [-0.2, 0) is 15.7 Å². The van der Waals surface area contributed by atoms with E-state index in [-0.39, 0.29) is 26.0 Å². The molecular formula is C5H8LiN3O4S. The van der Waals surface area contributed by atoms with Gasteiger partial charge in [0, 0.05) is 6.26 Å². The van der Waals surface area contributed by atoms with Crippen LogP contribution in [0, 0.1) is 0 Å². The van der Waals surface area contributed by atoms with E-state index in [2.05, 4.69) is 10.2 Å². The van der Waals surface area contributed by atoms with Crippen LogP contribution in [0.4, 0.5) is 0 Å². The van der Waals surface area contributed by atoms with Crippen molar-refractivity contribution in [2.45, 2.75) is 5.88 Å². The molecule has 0 aliphatic heterocycles. The van der Waals surface area contributed by atoms with Crippen LogP contribution in [-0.4, -0.2) is 40.7 Å². The van der Waals surface area contributed by atoms with E-state index in [4.69, 9.17) is 5.11 Å². The van der Waals surface area contributed by atoms with E-state index in [1.165, 1.54) is 0 Å². The molecule has 9 heteroatoms. The maximum atomic E-state index is 10.7. The molecule has 0 atom stereocenters. The largest absolute Gasteiger partial charge is 1.00 e. The third-order valence-electron chi connectivity index (χ3n) is 1.11. The third kappa shape index (κ3) is 3.91. The molecule has 0 unspecified atom stereocenters. The summed E-state index contributed by atoms with van der Waals surface area (Å²) in [6.45, 7) is 0. The number of carboxylic acids is 1. The van der Waals surface area contributed by atoms with E-state index < -0.39 is 21.7 Å². The monoisotopic (exact) mass is 213 g/mol. The molecule has 74 valence electrons. The Labute approximate surface area is 93.7 Å². The van der Waals surface area contributed by atoms with Gasteiger partial charge < -0.3 is 6.53 Å². The van der Waals surface area contributed by atoms with Crippen molar-refractivity contribution in [2.75, 3.05) is 6.26 Å². The Morgan fingerprint density at radius 3 is 2.64 bits per heavy atom. The number of carbonyl (C=O) groups is 1. The Morgan fingerprint density at radius 2 is 2.29 bits per heavy atom. The van der Waals surface area contributed by atoms with Crippen LogP contribution in [0.3, 0.4) is 0 Å². The summed E-state index contributed by atoms with van der Waals surface area (Å²) in [5, 5.41) is 15.3. The number of aromatic nitrogens is 3. The van der Waals surface area contributed by atoms with Gasteiger partial charge in [-0.05, 0) is 0 Å². The summed E-state index contributed by atoms with van der Waals surface area (Å²) in [4.78, 5) is 11.1. The molecule has 1 heterocycles. The van der Waals surface area contributed by atoms with Crippen molar-refractivity contribution in [3.8, 4) is 0 Å². The fraction of sp³-hybridized carbons (Fsp3) is 0.400. The molecule has 0 radical (unpaired) electrons. The minimum atomic E-state index is -3.24. The van der Waals surface area contributed by atoms with E-state index in [0.717, 1.165) is 17.2 Å². The zero-order chi connectivity index (χ0) is 10.1. The normalized spacial score (nSPS) is 10.6. The maximum Gasteiger partial charge on any atom is 1.00 e. The number of sulfone groups is 1. The first-order chi connectivity index (χ1) is 5.88. The summed E-state index contributed by atoms with van der Waals surface area (Å²) in [7, 11) is -3.24. The predicted molar refractivity (Wildman–Crippen MR) is 42.9 cm³/mol. The molecule has 0 spiro atoms. The molecule has 0 aromatic carbocycles. The molecule has 0 aliphatic rings. The zero-order valence-corrected chi connectivity index (χ0v) is 8.52. The minimum absolute atomic E-state index is 0. The van der Waals surface area contributed by atoms with Crippen molar-refractivity contribution < 1.29 is 38.6 Å². The molecule has 0 saturated heterocycles. The first-order valence-corrected chi connectivity index (χ1v) is 5.26. The molecule has 0 fully saturated rings. The average molecular weight is 213 g/mol. The van der Waals surface area contributed by atoms with Gasteiger partial charge in [-0.15, -0.1) is 5.10 Å². The van der Waals surface area contributed by atoms with Crippen molar-refractivity contribution in [1.29, 1.82) is 0 Å². The summed E-state index contributed by atoms with van der Waals surface area (Å²) in [5.74, 6) is -1.65.